The number of nitrogens with zero attached hydrogens (tertiary/aromatic N) is 9. The lowest BCUT2D eigenvalue weighted by molar-refractivity contribution is -0.137. The van der Waals surface area contributed by atoms with Crippen molar-refractivity contribution in [2.75, 3.05) is 89.3 Å². The molecule has 4 aromatic rings. The van der Waals surface area contributed by atoms with Gasteiger partial charge < -0.3 is 40.0 Å². The highest BCUT2D eigenvalue weighted by Gasteiger charge is 2.37. The van der Waals surface area contributed by atoms with E-state index in [0.717, 1.165) is 91.7 Å². The van der Waals surface area contributed by atoms with Gasteiger partial charge in [-0.2, -0.15) is 5.10 Å². The second kappa shape index (κ2) is 19.2. The summed E-state index contributed by atoms with van der Waals surface area (Å²) in [5.41, 5.74) is 6.32. The normalized spacial score (nSPS) is 20.2. The molecule has 3 saturated heterocycles. The van der Waals surface area contributed by atoms with E-state index in [1.807, 2.05) is 47.2 Å². The number of piperidine rings is 2. The topological polar surface area (TPSA) is 149 Å². The monoisotopic (exact) mass is 833 g/mol. The van der Waals surface area contributed by atoms with E-state index in [1.165, 1.54) is 5.69 Å². The summed E-state index contributed by atoms with van der Waals surface area (Å²) in [6.07, 6.45) is 12.6. The van der Waals surface area contributed by atoms with Crippen molar-refractivity contribution >= 4 is 40.1 Å². The summed E-state index contributed by atoms with van der Waals surface area (Å²) < 4.78 is 0. The molecule has 1 unspecified atom stereocenters. The van der Waals surface area contributed by atoms with E-state index in [9.17, 15) is 14.4 Å². The lowest BCUT2D eigenvalue weighted by Gasteiger charge is -2.40. The molecule has 0 radical (unpaired) electrons. The third-order valence-electron chi connectivity index (χ3n) is 13.5. The van der Waals surface area contributed by atoms with Crippen molar-refractivity contribution in [3.05, 3.63) is 78.0 Å². The van der Waals surface area contributed by atoms with Gasteiger partial charge in [-0.3, -0.25) is 24.7 Å². The predicted octanol–water partition coefficient (Wildman–Crippen LogP) is 3.69. The number of aryl methyl sites for hydroxylation is 1. The molecule has 326 valence electrons. The Morgan fingerprint density at radius 1 is 0.885 bits per heavy atom. The van der Waals surface area contributed by atoms with Crippen molar-refractivity contribution in [1.82, 2.24) is 50.4 Å². The number of urea groups is 1. The van der Waals surface area contributed by atoms with E-state index in [2.05, 4.69) is 83.6 Å². The lowest BCUT2D eigenvalue weighted by Crippen LogP contribution is -2.59. The number of likely N-dealkylation sites (tertiary alicyclic amines) is 2. The molecule has 3 N–H and O–H groups in total. The number of likely N-dealkylation sites (N-methyl/N-ethyl adjacent to an activating group) is 1. The average Bonchev–Trinajstić information content (AvgIpc) is 3.90. The Labute approximate surface area is 360 Å². The molecular weight excluding hydrogens is 769 g/mol. The number of fused-ring (bicyclic) bond motifs is 2. The third-order valence-corrected chi connectivity index (χ3v) is 13.5. The zero-order valence-corrected chi connectivity index (χ0v) is 36.4. The van der Waals surface area contributed by atoms with E-state index in [4.69, 9.17) is 0 Å². The minimum Gasteiger partial charge on any atom is -0.368 e. The predicted molar refractivity (Wildman–Crippen MR) is 239 cm³/mol. The molecule has 8 rings (SSSR count). The van der Waals surface area contributed by atoms with Crippen LogP contribution < -0.4 is 20.4 Å². The number of carbonyl (C=O) groups excluding carboxylic acids is 3. The number of nitrogens with one attached hydrogen (secondary N) is 3. The van der Waals surface area contributed by atoms with Crippen molar-refractivity contribution < 1.29 is 14.4 Å². The number of aromatic nitrogens is 4. The zero-order chi connectivity index (χ0) is 42.5. The summed E-state index contributed by atoms with van der Waals surface area (Å²) in [5.74, 6) is -0.0848. The van der Waals surface area contributed by atoms with Crippen LogP contribution in [0.2, 0.25) is 0 Å². The third kappa shape index (κ3) is 10.1. The maximum Gasteiger partial charge on any atom is 0.318 e. The SMILES string of the molecule is Cc1cc(C[C@@H](NC(=O)N2CCC(N3c4cccnc4CC3C)CC2)C(=O)N[C@@H](CC2CCN(CCN(C)C)CC2)C(=O)N2CCN(c3ccncc3)CC2)cc2cn[nH]c12. The molecule has 4 aliphatic rings. The highest BCUT2D eigenvalue weighted by molar-refractivity contribution is 5.92. The van der Waals surface area contributed by atoms with E-state index in [0.29, 0.717) is 63.7 Å². The standard InChI is InChI=1S/C46H64N12O3/c1-32-26-35(28-36-31-49-52-43(32)36)30-40(51-46(61)57-18-11-38(12-19-57)58-33(2)27-39-42(58)6-5-13-48-39)44(59)50-41(29-34-9-16-54(17-10-34)21-20-53(3)4)45(60)56-24-22-55(23-25-56)37-7-14-47-15-8-37/h5-8,13-15,26,28,31,33-34,38,40-41H,9-12,16-25,27,29-30H2,1-4H3,(H,49,52)(H,50,59)(H,51,61)/t33?,40-,41+/m1/s1. The number of carbonyl (C=O) groups is 3. The van der Waals surface area contributed by atoms with Crippen LogP contribution in [0.5, 0.6) is 0 Å². The highest BCUT2D eigenvalue weighted by atomic mass is 16.2. The Bertz CT molecular complexity index is 2100. The molecule has 0 aliphatic carbocycles. The van der Waals surface area contributed by atoms with Crippen LogP contribution in [0.3, 0.4) is 0 Å². The van der Waals surface area contributed by atoms with Gasteiger partial charge in [-0.1, -0.05) is 6.07 Å². The first-order valence-electron chi connectivity index (χ1n) is 22.4. The maximum absolute atomic E-state index is 14.7. The minimum atomic E-state index is -0.891. The zero-order valence-electron chi connectivity index (χ0n) is 36.4. The fourth-order valence-corrected chi connectivity index (χ4v) is 10.0. The van der Waals surface area contributed by atoms with Crippen molar-refractivity contribution in [3.63, 3.8) is 0 Å². The molecule has 1 aromatic carbocycles. The number of anilines is 2. The van der Waals surface area contributed by atoms with E-state index < -0.39 is 12.1 Å². The Balaban J connectivity index is 0.977. The van der Waals surface area contributed by atoms with Gasteiger partial charge in [0, 0.05) is 107 Å². The molecular formula is C46H64N12O3. The lowest BCUT2D eigenvalue weighted by atomic mass is 9.89. The number of aromatic amines is 1. The smallest absolute Gasteiger partial charge is 0.318 e. The molecule has 0 spiro atoms. The Morgan fingerprint density at radius 3 is 2.38 bits per heavy atom. The first kappa shape index (κ1) is 42.4. The molecule has 61 heavy (non-hydrogen) atoms. The number of benzene rings is 1. The van der Waals surface area contributed by atoms with Gasteiger partial charge in [0.15, 0.2) is 0 Å². The van der Waals surface area contributed by atoms with E-state index in [-0.39, 0.29) is 24.3 Å². The summed E-state index contributed by atoms with van der Waals surface area (Å²) >= 11 is 0. The van der Waals surface area contributed by atoms with Crippen molar-refractivity contribution in [1.29, 1.82) is 0 Å². The van der Waals surface area contributed by atoms with Crippen LogP contribution >= 0.6 is 0 Å². The Morgan fingerprint density at radius 2 is 1.64 bits per heavy atom. The average molecular weight is 833 g/mol. The Kier molecular flexibility index (Phi) is 13.3. The molecule has 7 heterocycles. The van der Waals surface area contributed by atoms with E-state index in [1.54, 1.807) is 18.6 Å². The first-order valence-corrected chi connectivity index (χ1v) is 22.4. The van der Waals surface area contributed by atoms with Gasteiger partial charge in [0.2, 0.25) is 11.8 Å². The van der Waals surface area contributed by atoms with Gasteiger partial charge in [-0.15, -0.1) is 0 Å². The van der Waals surface area contributed by atoms with Crippen LogP contribution in [-0.2, 0) is 22.4 Å². The molecule has 15 nitrogen and oxygen atoms in total. The summed E-state index contributed by atoms with van der Waals surface area (Å²) in [5, 5.41) is 14.7. The summed E-state index contributed by atoms with van der Waals surface area (Å²) in [6, 6.07) is 11.1. The van der Waals surface area contributed by atoms with Crippen molar-refractivity contribution in [2.24, 2.45) is 5.92 Å². The van der Waals surface area contributed by atoms with Crippen LogP contribution in [0.4, 0.5) is 16.2 Å². The van der Waals surface area contributed by atoms with Crippen molar-refractivity contribution in [2.45, 2.75) is 83.0 Å². The van der Waals surface area contributed by atoms with Gasteiger partial charge in [-0.05, 0) is 121 Å². The number of amides is 4. The number of rotatable bonds is 13. The quantitative estimate of drug-likeness (QED) is 0.182. The van der Waals surface area contributed by atoms with E-state index >= 15 is 0 Å². The largest absolute Gasteiger partial charge is 0.368 e. The number of pyridine rings is 2. The molecule has 0 bridgehead atoms. The number of hydrogen-bond donors (Lipinski definition) is 3. The molecule has 3 aromatic heterocycles. The molecule has 0 saturated carbocycles. The van der Waals surface area contributed by atoms with Gasteiger partial charge in [0.05, 0.1) is 23.1 Å². The van der Waals surface area contributed by atoms with Gasteiger partial charge in [-0.25, -0.2) is 4.79 Å². The first-order chi connectivity index (χ1) is 29.6. The van der Waals surface area contributed by atoms with Crippen LogP contribution in [0, 0.1) is 12.8 Å². The van der Waals surface area contributed by atoms with Crippen LogP contribution in [0.25, 0.3) is 10.9 Å². The fraction of sp³-hybridized carbons (Fsp3) is 0.565. The molecule has 15 heteroatoms. The maximum atomic E-state index is 14.7. The summed E-state index contributed by atoms with van der Waals surface area (Å²) in [7, 11) is 4.20. The minimum absolute atomic E-state index is 0.0477. The second-order valence-corrected chi connectivity index (χ2v) is 18.0. The molecule has 3 atom stereocenters. The molecule has 4 aliphatic heterocycles. The van der Waals surface area contributed by atoms with Gasteiger partial charge in [0.25, 0.3) is 0 Å². The number of piperazine rings is 1. The number of hydrogen-bond acceptors (Lipinski definition) is 10. The highest BCUT2D eigenvalue weighted by Crippen LogP contribution is 2.35. The van der Waals surface area contributed by atoms with Crippen molar-refractivity contribution in [3.8, 4) is 0 Å². The second-order valence-electron chi connectivity index (χ2n) is 18.0. The van der Waals surface area contributed by atoms with Crippen LogP contribution in [0.15, 0.2) is 61.2 Å². The fourth-order valence-electron chi connectivity index (χ4n) is 10.0. The summed E-state index contributed by atoms with van der Waals surface area (Å²) in [6.45, 7) is 12.0. The summed E-state index contributed by atoms with van der Waals surface area (Å²) in [4.78, 5) is 65.6. The van der Waals surface area contributed by atoms with Crippen LogP contribution in [-0.4, -0.2) is 161 Å². The van der Waals surface area contributed by atoms with Gasteiger partial charge in [0.1, 0.15) is 12.1 Å². The molecule has 4 amide bonds. The Hall–Kier alpha value is -5.28. The van der Waals surface area contributed by atoms with Crippen LogP contribution in [0.1, 0.15) is 55.8 Å². The molecule has 3 fully saturated rings. The number of H-pyrrole nitrogens is 1. The van der Waals surface area contributed by atoms with Gasteiger partial charge >= 0.3 is 6.03 Å².